The highest BCUT2D eigenvalue weighted by Crippen LogP contribution is 2.32. The number of pyridine rings is 1. The number of halogens is 2. The number of anilines is 2. The van der Waals surface area contributed by atoms with Crippen molar-refractivity contribution in [2.45, 2.75) is 25.8 Å². The van der Waals surface area contributed by atoms with E-state index in [1.54, 1.807) is 36.5 Å². The monoisotopic (exact) mass is 543 g/mol. The molecule has 2 N–H and O–H groups in total. The second-order valence-electron chi connectivity index (χ2n) is 9.79. The van der Waals surface area contributed by atoms with E-state index in [0.717, 1.165) is 18.8 Å². The maximum absolute atomic E-state index is 13.6. The van der Waals surface area contributed by atoms with E-state index in [9.17, 15) is 4.79 Å². The molecule has 3 aromatic heterocycles. The van der Waals surface area contributed by atoms with Gasteiger partial charge in [0.25, 0.3) is 5.56 Å². The Hall–Kier alpha value is -3.85. The van der Waals surface area contributed by atoms with E-state index in [0.29, 0.717) is 32.9 Å². The molecule has 0 radical (unpaired) electrons. The molecular weight excluding hydrogens is 521 g/mol. The fourth-order valence-corrected chi connectivity index (χ4v) is 5.37. The van der Waals surface area contributed by atoms with Gasteiger partial charge < -0.3 is 10.6 Å². The molecule has 10 heteroatoms. The summed E-state index contributed by atoms with van der Waals surface area (Å²) in [6, 6.07) is 16.7. The molecule has 0 saturated heterocycles. The SMILES string of the molecule is CC1(C)CNCc2cc(Nc3ncc4c(=O)n(-c5c(Cl)cccc5Cl)nc(-c5ccccn5)c4n3)ccc21. The van der Waals surface area contributed by atoms with Gasteiger partial charge in [0.1, 0.15) is 16.9 Å². The summed E-state index contributed by atoms with van der Waals surface area (Å²) in [5, 5.41) is 12.2. The number of nitrogens with zero attached hydrogens (tertiary/aromatic N) is 5. The highest BCUT2D eigenvalue weighted by atomic mass is 35.5. The van der Waals surface area contributed by atoms with Crippen molar-refractivity contribution in [3.8, 4) is 17.1 Å². The van der Waals surface area contributed by atoms with Crippen LogP contribution in [0, 0.1) is 0 Å². The van der Waals surface area contributed by atoms with Crippen LogP contribution < -0.4 is 16.2 Å². The highest BCUT2D eigenvalue weighted by Gasteiger charge is 2.27. The standard InChI is InChI=1S/C28H23Cl2N7O/c1-28(2)15-31-13-16-12-17(9-10-19(16)28)34-27-33-14-18-23(35-27)24(22-8-3-4-11-32-22)36-37(26(18)38)25-20(29)6-5-7-21(25)30/h3-12,14,31H,13,15H2,1-2H3,(H,33,34,35). The predicted octanol–water partition coefficient (Wildman–Crippen LogP) is 5.67. The van der Waals surface area contributed by atoms with Crippen molar-refractivity contribution in [1.82, 2.24) is 30.0 Å². The first-order valence-corrected chi connectivity index (χ1v) is 12.8. The molecule has 6 rings (SSSR count). The smallest absolute Gasteiger partial charge is 0.282 e. The molecule has 2 aromatic carbocycles. The van der Waals surface area contributed by atoms with Gasteiger partial charge in [0.15, 0.2) is 0 Å². The van der Waals surface area contributed by atoms with Crippen LogP contribution in [0.3, 0.4) is 0 Å². The molecule has 0 bridgehead atoms. The van der Waals surface area contributed by atoms with Crippen molar-refractivity contribution in [2.75, 3.05) is 11.9 Å². The maximum atomic E-state index is 13.6. The number of nitrogens with one attached hydrogen (secondary N) is 2. The van der Waals surface area contributed by atoms with E-state index in [-0.39, 0.29) is 16.5 Å². The van der Waals surface area contributed by atoms with Crippen molar-refractivity contribution in [2.24, 2.45) is 0 Å². The zero-order valence-electron chi connectivity index (χ0n) is 20.7. The van der Waals surface area contributed by atoms with Crippen molar-refractivity contribution in [1.29, 1.82) is 0 Å². The van der Waals surface area contributed by atoms with Gasteiger partial charge in [-0.05, 0) is 47.5 Å². The second-order valence-corrected chi connectivity index (χ2v) is 10.6. The number of aromatic nitrogens is 5. The van der Waals surface area contributed by atoms with Crippen LogP contribution in [0.2, 0.25) is 10.0 Å². The fraction of sp³-hybridized carbons (Fsp3) is 0.179. The lowest BCUT2D eigenvalue weighted by atomic mass is 9.79. The van der Waals surface area contributed by atoms with E-state index in [1.807, 2.05) is 12.1 Å². The highest BCUT2D eigenvalue weighted by molar-refractivity contribution is 6.37. The summed E-state index contributed by atoms with van der Waals surface area (Å²) in [5.41, 5.74) is 4.61. The fourth-order valence-electron chi connectivity index (χ4n) is 4.82. The van der Waals surface area contributed by atoms with E-state index in [1.165, 1.54) is 22.0 Å². The molecule has 1 aliphatic heterocycles. The zero-order chi connectivity index (χ0) is 26.4. The molecule has 0 saturated carbocycles. The summed E-state index contributed by atoms with van der Waals surface area (Å²) >= 11 is 12.8. The normalized spacial score (nSPS) is 14.3. The minimum Gasteiger partial charge on any atom is -0.324 e. The van der Waals surface area contributed by atoms with Crippen molar-refractivity contribution in [3.63, 3.8) is 0 Å². The number of fused-ring (bicyclic) bond motifs is 2. The van der Waals surface area contributed by atoms with E-state index < -0.39 is 5.56 Å². The number of para-hydroxylation sites is 1. The minimum absolute atomic E-state index is 0.0548. The third-order valence-electron chi connectivity index (χ3n) is 6.67. The summed E-state index contributed by atoms with van der Waals surface area (Å²) in [5.74, 6) is 0.340. The van der Waals surface area contributed by atoms with Gasteiger partial charge in [0.2, 0.25) is 5.95 Å². The quantitative estimate of drug-likeness (QED) is 0.301. The van der Waals surface area contributed by atoms with Crippen molar-refractivity contribution >= 4 is 45.7 Å². The minimum atomic E-state index is -0.441. The van der Waals surface area contributed by atoms with Gasteiger partial charge in [0.05, 0.1) is 21.1 Å². The average Bonchev–Trinajstić information content (AvgIpc) is 2.90. The van der Waals surface area contributed by atoms with Crippen LogP contribution in [0.15, 0.2) is 71.8 Å². The molecule has 190 valence electrons. The summed E-state index contributed by atoms with van der Waals surface area (Å²) in [6.45, 7) is 6.18. The number of hydrogen-bond donors (Lipinski definition) is 2. The predicted molar refractivity (Wildman–Crippen MR) is 151 cm³/mol. The molecule has 0 fully saturated rings. The van der Waals surface area contributed by atoms with Gasteiger partial charge in [0, 0.05) is 36.6 Å². The number of rotatable bonds is 4. The molecular formula is C28H23Cl2N7O. The van der Waals surface area contributed by atoms with Gasteiger partial charge >= 0.3 is 0 Å². The first kappa shape index (κ1) is 24.5. The second kappa shape index (κ2) is 9.47. The Kier molecular flexibility index (Phi) is 6.10. The van der Waals surface area contributed by atoms with Crippen molar-refractivity contribution < 1.29 is 0 Å². The third kappa shape index (κ3) is 4.30. The van der Waals surface area contributed by atoms with Gasteiger partial charge in [-0.25, -0.2) is 9.97 Å². The van der Waals surface area contributed by atoms with Gasteiger partial charge in [-0.15, -0.1) is 0 Å². The molecule has 0 amide bonds. The Balaban J connectivity index is 1.50. The molecule has 0 atom stereocenters. The molecule has 4 heterocycles. The largest absolute Gasteiger partial charge is 0.324 e. The molecule has 1 aliphatic rings. The maximum Gasteiger partial charge on any atom is 0.282 e. The van der Waals surface area contributed by atoms with Gasteiger partial charge in [-0.1, -0.05) is 55.2 Å². The Bertz CT molecular complexity index is 1730. The van der Waals surface area contributed by atoms with Crippen LogP contribution in [0.5, 0.6) is 0 Å². The first-order chi connectivity index (χ1) is 18.3. The van der Waals surface area contributed by atoms with Crippen LogP contribution >= 0.6 is 23.2 Å². The first-order valence-electron chi connectivity index (χ1n) is 12.1. The topological polar surface area (TPSA) is 97.6 Å². The van der Waals surface area contributed by atoms with E-state index in [2.05, 4.69) is 51.7 Å². The van der Waals surface area contributed by atoms with E-state index in [4.69, 9.17) is 28.2 Å². The Labute approximate surface area is 228 Å². The van der Waals surface area contributed by atoms with Crippen molar-refractivity contribution in [3.05, 3.63) is 98.5 Å². The average molecular weight is 544 g/mol. The van der Waals surface area contributed by atoms with E-state index >= 15 is 0 Å². The summed E-state index contributed by atoms with van der Waals surface area (Å²) in [6.07, 6.45) is 3.15. The van der Waals surface area contributed by atoms with Crippen LogP contribution in [-0.2, 0) is 12.0 Å². The lowest BCUT2D eigenvalue weighted by Gasteiger charge is -2.33. The molecule has 0 spiro atoms. The van der Waals surface area contributed by atoms with Crippen LogP contribution in [-0.4, -0.2) is 31.3 Å². The zero-order valence-corrected chi connectivity index (χ0v) is 22.2. The molecule has 8 nitrogen and oxygen atoms in total. The molecule has 0 unspecified atom stereocenters. The number of benzene rings is 2. The Morgan fingerprint density at radius 2 is 1.84 bits per heavy atom. The van der Waals surface area contributed by atoms with Gasteiger partial charge in [-0.3, -0.25) is 9.78 Å². The lowest BCUT2D eigenvalue weighted by Crippen LogP contribution is -2.38. The molecule has 5 aromatic rings. The molecule has 0 aliphatic carbocycles. The van der Waals surface area contributed by atoms with Gasteiger partial charge in [-0.2, -0.15) is 9.78 Å². The lowest BCUT2D eigenvalue weighted by molar-refractivity contribution is 0.435. The summed E-state index contributed by atoms with van der Waals surface area (Å²) in [4.78, 5) is 27.2. The summed E-state index contributed by atoms with van der Waals surface area (Å²) in [7, 11) is 0. The van der Waals surface area contributed by atoms with Crippen LogP contribution in [0.25, 0.3) is 28.0 Å². The third-order valence-corrected chi connectivity index (χ3v) is 7.28. The molecule has 38 heavy (non-hydrogen) atoms. The Morgan fingerprint density at radius 1 is 1.03 bits per heavy atom. The van der Waals surface area contributed by atoms with Crippen LogP contribution in [0.4, 0.5) is 11.6 Å². The number of hydrogen-bond acceptors (Lipinski definition) is 7. The summed E-state index contributed by atoms with van der Waals surface area (Å²) < 4.78 is 1.19. The van der Waals surface area contributed by atoms with Crippen LogP contribution in [0.1, 0.15) is 25.0 Å². The Morgan fingerprint density at radius 3 is 2.61 bits per heavy atom.